The molecule has 0 N–H and O–H groups in total. The van der Waals surface area contributed by atoms with Gasteiger partial charge in [0, 0.05) is 32.0 Å². The lowest BCUT2D eigenvalue weighted by atomic mass is 10.1. The maximum Gasteiger partial charge on any atom is 0.419 e. The topological polar surface area (TPSA) is 82.4 Å². The Labute approximate surface area is 182 Å². The van der Waals surface area contributed by atoms with Crippen molar-refractivity contribution in [1.82, 2.24) is 24.4 Å². The molecule has 1 aliphatic heterocycles. The summed E-state index contributed by atoms with van der Waals surface area (Å²) in [5.74, 6) is 0.310. The Balaban J connectivity index is 1.69. The number of aromatic nitrogens is 4. The van der Waals surface area contributed by atoms with E-state index in [1.165, 1.54) is 25.6 Å². The number of imidazole rings is 1. The van der Waals surface area contributed by atoms with Crippen LogP contribution in [0.25, 0.3) is 22.6 Å². The van der Waals surface area contributed by atoms with Crippen molar-refractivity contribution in [2.45, 2.75) is 32.0 Å². The van der Waals surface area contributed by atoms with Gasteiger partial charge in [-0.2, -0.15) is 18.2 Å². The number of alkyl halides is 3. The van der Waals surface area contributed by atoms with Crippen molar-refractivity contribution in [2.24, 2.45) is 7.05 Å². The van der Waals surface area contributed by atoms with Gasteiger partial charge in [-0.3, -0.25) is 4.79 Å². The normalized spacial score (nSPS) is 16.6. The van der Waals surface area contributed by atoms with Crippen LogP contribution in [-0.2, 0) is 18.0 Å². The molecule has 4 rings (SSSR count). The Morgan fingerprint density at radius 2 is 2.06 bits per heavy atom. The van der Waals surface area contributed by atoms with Gasteiger partial charge in [0.15, 0.2) is 11.2 Å². The van der Waals surface area contributed by atoms with E-state index in [1.807, 2.05) is 6.92 Å². The summed E-state index contributed by atoms with van der Waals surface area (Å²) in [6.45, 7) is 2.86. The molecule has 0 spiro atoms. The van der Waals surface area contributed by atoms with Crippen LogP contribution < -0.4 is 9.47 Å². The quantitative estimate of drug-likeness (QED) is 0.594. The number of carbonyl (C=O) groups is 1. The van der Waals surface area contributed by atoms with E-state index in [-0.39, 0.29) is 35.0 Å². The molecule has 0 radical (unpaired) electrons. The Kier molecular flexibility index (Phi) is 5.66. The first kappa shape index (κ1) is 21.8. The number of halogens is 3. The van der Waals surface area contributed by atoms with Crippen LogP contribution in [0.15, 0.2) is 24.5 Å². The van der Waals surface area contributed by atoms with E-state index in [2.05, 4.69) is 15.0 Å². The van der Waals surface area contributed by atoms with Gasteiger partial charge in [0.2, 0.25) is 11.8 Å². The second kappa shape index (κ2) is 8.29. The number of aryl methyl sites for hydroxylation is 1. The number of ether oxygens (including phenoxy) is 2. The lowest BCUT2D eigenvalue weighted by molar-refractivity contribution is -0.138. The molecule has 1 unspecified atom stereocenters. The predicted molar refractivity (Wildman–Crippen MR) is 109 cm³/mol. The number of benzene rings is 1. The Hall–Kier alpha value is -3.37. The summed E-state index contributed by atoms with van der Waals surface area (Å²) < 4.78 is 52.9. The van der Waals surface area contributed by atoms with Crippen molar-refractivity contribution in [2.75, 3.05) is 20.2 Å². The van der Waals surface area contributed by atoms with Crippen molar-refractivity contribution >= 4 is 17.1 Å². The average molecular weight is 449 g/mol. The van der Waals surface area contributed by atoms with Crippen molar-refractivity contribution in [3.63, 3.8) is 0 Å². The van der Waals surface area contributed by atoms with E-state index in [4.69, 9.17) is 9.47 Å². The standard InChI is InChI=1S/C21H22F3N5O3/c1-4-16(30)29-8-7-13(10-29)32-20-17-19(25-11-26-20)28(2)18(27-17)12-5-6-15(31-3)14(9-12)21(22,23)24/h5-6,9,11,13H,4,7-8,10H2,1-3H3. The molecule has 0 aliphatic carbocycles. The molecule has 1 saturated heterocycles. The molecule has 8 nitrogen and oxygen atoms in total. The molecule has 1 amide bonds. The van der Waals surface area contributed by atoms with E-state index in [0.717, 1.165) is 6.07 Å². The summed E-state index contributed by atoms with van der Waals surface area (Å²) in [5, 5.41) is 0. The van der Waals surface area contributed by atoms with Gasteiger partial charge in [0.25, 0.3) is 0 Å². The van der Waals surface area contributed by atoms with Crippen LogP contribution in [0.5, 0.6) is 11.6 Å². The second-order valence-corrected chi connectivity index (χ2v) is 7.48. The first-order chi connectivity index (χ1) is 15.2. The number of hydrogen-bond donors (Lipinski definition) is 0. The molecule has 2 aromatic heterocycles. The molecule has 1 aromatic carbocycles. The largest absolute Gasteiger partial charge is 0.496 e. The molecule has 11 heteroatoms. The summed E-state index contributed by atoms with van der Waals surface area (Å²) in [5.41, 5.74) is 0.132. The fourth-order valence-corrected chi connectivity index (χ4v) is 3.82. The molecule has 0 bridgehead atoms. The van der Waals surface area contributed by atoms with Crippen molar-refractivity contribution in [3.8, 4) is 23.0 Å². The van der Waals surface area contributed by atoms with Gasteiger partial charge in [-0.15, -0.1) is 0 Å². The maximum absolute atomic E-state index is 13.5. The van der Waals surface area contributed by atoms with Crippen LogP contribution in [0.2, 0.25) is 0 Å². The molecule has 0 saturated carbocycles. The third kappa shape index (κ3) is 3.94. The molecule has 3 aromatic rings. The van der Waals surface area contributed by atoms with Gasteiger partial charge in [0.05, 0.1) is 19.2 Å². The molecule has 1 atom stereocenters. The van der Waals surface area contributed by atoms with E-state index in [9.17, 15) is 18.0 Å². The molecular weight excluding hydrogens is 427 g/mol. The highest BCUT2D eigenvalue weighted by Crippen LogP contribution is 2.39. The van der Waals surface area contributed by atoms with Crippen molar-refractivity contribution < 1.29 is 27.4 Å². The highest BCUT2D eigenvalue weighted by Gasteiger charge is 2.35. The number of fused-ring (bicyclic) bond motifs is 1. The average Bonchev–Trinajstić information content (AvgIpc) is 3.37. The van der Waals surface area contributed by atoms with Crippen LogP contribution in [0.1, 0.15) is 25.3 Å². The van der Waals surface area contributed by atoms with Gasteiger partial charge < -0.3 is 18.9 Å². The number of amides is 1. The number of carbonyl (C=O) groups excluding carboxylic acids is 1. The number of likely N-dealkylation sites (tertiary alicyclic amines) is 1. The summed E-state index contributed by atoms with van der Waals surface area (Å²) in [7, 11) is 2.85. The molecule has 32 heavy (non-hydrogen) atoms. The van der Waals surface area contributed by atoms with Crippen LogP contribution in [0.3, 0.4) is 0 Å². The van der Waals surface area contributed by atoms with Gasteiger partial charge in [-0.05, 0) is 18.2 Å². The summed E-state index contributed by atoms with van der Waals surface area (Å²) in [6, 6.07) is 3.77. The zero-order valence-corrected chi connectivity index (χ0v) is 17.8. The molecule has 3 heterocycles. The Bertz CT molecular complexity index is 1160. The lowest BCUT2D eigenvalue weighted by Crippen LogP contribution is -2.30. The maximum atomic E-state index is 13.5. The fraction of sp³-hybridized carbons (Fsp3) is 0.429. The highest BCUT2D eigenvalue weighted by atomic mass is 19.4. The van der Waals surface area contributed by atoms with Gasteiger partial charge in [-0.1, -0.05) is 6.92 Å². The first-order valence-corrected chi connectivity index (χ1v) is 10.1. The monoisotopic (exact) mass is 449 g/mol. The minimum Gasteiger partial charge on any atom is -0.496 e. The number of hydrogen-bond acceptors (Lipinski definition) is 6. The van der Waals surface area contributed by atoms with Crippen molar-refractivity contribution in [1.29, 1.82) is 0 Å². The minimum absolute atomic E-state index is 0.0593. The number of methoxy groups -OCH3 is 1. The van der Waals surface area contributed by atoms with E-state index in [1.54, 1.807) is 16.5 Å². The minimum atomic E-state index is -4.58. The summed E-state index contributed by atoms with van der Waals surface area (Å²) in [4.78, 5) is 26.6. The first-order valence-electron chi connectivity index (χ1n) is 10.1. The zero-order chi connectivity index (χ0) is 23.0. The summed E-state index contributed by atoms with van der Waals surface area (Å²) >= 11 is 0. The predicted octanol–water partition coefficient (Wildman–Crippen LogP) is 3.45. The second-order valence-electron chi connectivity index (χ2n) is 7.48. The van der Waals surface area contributed by atoms with Gasteiger partial charge >= 0.3 is 6.18 Å². The summed E-state index contributed by atoms with van der Waals surface area (Å²) in [6.07, 6.45) is -2.42. The van der Waals surface area contributed by atoms with Crippen LogP contribution in [0, 0.1) is 0 Å². The van der Waals surface area contributed by atoms with Gasteiger partial charge in [0.1, 0.15) is 24.0 Å². The van der Waals surface area contributed by atoms with Crippen LogP contribution in [0.4, 0.5) is 13.2 Å². The number of nitrogens with zero attached hydrogens (tertiary/aromatic N) is 5. The fourth-order valence-electron chi connectivity index (χ4n) is 3.82. The zero-order valence-electron chi connectivity index (χ0n) is 17.8. The molecule has 170 valence electrons. The number of rotatable bonds is 5. The van der Waals surface area contributed by atoms with E-state index < -0.39 is 11.7 Å². The lowest BCUT2D eigenvalue weighted by Gasteiger charge is -2.16. The highest BCUT2D eigenvalue weighted by molar-refractivity contribution is 5.81. The van der Waals surface area contributed by atoms with E-state index >= 15 is 0 Å². The molecular formula is C21H22F3N5O3. The van der Waals surface area contributed by atoms with Crippen LogP contribution in [-0.4, -0.2) is 56.6 Å². The molecule has 1 fully saturated rings. The third-order valence-corrected chi connectivity index (χ3v) is 5.46. The smallest absolute Gasteiger partial charge is 0.419 e. The third-order valence-electron chi connectivity index (χ3n) is 5.46. The Morgan fingerprint density at radius 1 is 1.28 bits per heavy atom. The van der Waals surface area contributed by atoms with Crippen LogP contribution >= 0.6 is 0 Å². The van der Waals surface area contributed by atoms with Crippen molar-refractivity contribution in [3.05, 3.63) is 30.1 Å². The molecule has 1 aliphatic rings. The SMILES string of the molecule is CCC(=O)N1CCC(Oc2ncnc3c2nc(-c2ccc(OC)c(C(F)(F)F)c2)n3C)C1. The van der Waals surface area contributed by atoms with E-state index in [0.29, 0.717) is 37.1 Å². The van der Waals surface area contributed by atoms with Gasteiger partial charge in [-0.25, -0.2) is 9.97 Å². The Morgan fingerprint density at radius 3 is 2.75 bits per heavy atom.